The Kier molecular flexibility index (Phi) is 3.34. The van der Waals surface area contributed by atoms with Crippen LogP contribution in [0.1, 0.15) is 33.1 Å². The lowest BCUT2D eigenvalue weighted by atomic mass is 10.0. The molecule has 0 fully saturated rings. The number of nitrogens with one attached hydrogen (secondary N) is 1. The van der Waals surface area contributed by atoms with Gasteiger partial charge in [-0.3, -0.25) is 4.79 Å². The fourth-order valence-electron chi connectivity index (χ4n) is 3.37. The second kappa shape index (κ2) is 5.27. The average molecular weight is 373 g/mol. The zero-order valence-electron chi connectivity index (χ0n) is 13.1. The highest BCUT2D eigenvalue weighted by Crippen LogP contribution is 2.30. The van der Waals surface area contributed by atoms with Crippen molar-refractivity contribution < 1.29 is 9.21 Å². The van der Waals surface area contributed by atoms with E-state index in [0.29, 0.717) is 17.9 Å². The monoisotopic (exact) mass is 372 g/mol. The van der Waals surface area contributed by atoms with E-state index in [-0.39, 0.29) is 5.91 Å². The van der Waals surface area contributed by atoms with E-state index in [2.05, 4.69) is 33.0 Å². The van der Waals surface area contributed by atoms with Gasteiger partial charge in [0.1, 0.15) is 11.5 Å². The molecule has 1 N–H and O–H groups in total. The molecule has 3 heterocycles. The Morgan fingerprint density at radius 2 is 2.13 bits per heavy atom. The maximum atomic E-state index is 12.8. The van der Waals surface area contributed by atoms with Crippen molar-refractivity contribution in [3.05, 3.63) is 57.1 Å². The number of fused-ring (bicyclic) bond motifs is 3. The Bertz CT molecular complexity index is 923. The Morgan fingerprint density at radius 3 is 2.87 bits per heavy atom. The van der Waals surface area contributed by atoms with E-state index in [1.807, 2.05) is 30.9 Å². The van der Waals surface area contributed by atoms with Gasteiger partial charge >= 0.3 is 0 Å². The molecule has 2 aromatic heterocycles. The van der Waals surface area contributed by atoms with E-state index in [1.54, 1.807) is 0 Å². The molecule has 0 unspecified atom stereocenters. The number of carbonyl (C=O) groups is 1. The number of halogens is 1. The third kappa shape index (κ3) is 2.39. The summed E-state index contributed by atoms with van der Waals surface area (Å²) in [4.78, 5) is 18.2. The molecular weight excluding hydrogens is 356 g/mol. The number of nitrogens with zero attached hydrogens (tertiary/aromatic N) is 1. The molecule has 4 rings (SSSR count). The van der Waals surface area contributed by atoms with Gasteiger partial charge in [0.15, 0.2) is 0 Å². The summed E-state index contributed by atoms with van der Waals surface area (Å²) in [6, 6.07) is 8.06. The van der Waals surface area contributed by atoms with Crippen LogP contribution in [0.3, 0.4) is 0 Å². The third-order valence-electron chi connectivity index (χ3n) is 4.50. The van der Waals surface area contributed by atoms with Gasteiger partial charge in [-0.25, -0.2) is 0 Å². The molecular formula is C18H17BrN2O2. The number of benzene rings is 1. The summed E-state index contributed by atoms with van der Waals surface area (Å²) >= 11 is 3.53. The van der Waals surface area contributed by atoms with Crippen LogP contribution in [0.2, 0.25) is 0 Å². The molecule has 1 aliphatic heterocycles. The van der Waals surface area contributed by atoms with Crippen LogP contribution in [-0.2, 0) is 13.0 Å². The fourth-order valence-corrected chi connectivity index (χ4v) is 3.73. The molecule has 23 heavy (non-hydrogen) atoms. The minimum absolute atomic E-state index is 0.0503. The van der Waals surface area contributed by atoms with E-state index >= 15 is 0 Å². The van der Waals surface area contributed by atoms with Crippen LogP contribution in [0.4, 0.5) is 0 Å². The van der Waals surface area contributed by atoms with Gasteiger partial charge in [-0.05, 0) is 38.1 Å². The van der Waals surface area contributed by atoms with Crippen molar-refractivity contribution in [1.29, 1.82) is 0 Å². The molecule has 0 saturated carbocycles. The molecule has 0 atom stereocenters. The molecule has 4 nitrogen and oxygen atoms in total. The molecule has 1 aliphatic rings. The maximum absolute atomic E-state index is 12.8. The smallest absolute Gasteiger partial charge is 0.257 e. The minimum Gasteiger partial charge on any atom is -0.466 e. The summed E-state index contributed by atoms with van der Waals surface area (Å²) in [6.45, 7) is 5.07. The SMILES string of the molecule is Cc1cc(C(=O)N2CCc3[nH]c4ccc(Br)cc4c3C2)c(C)o1. The van der Waals surface area contributed by atoms with E-state index in [4.69, 9.17) is 4.42 Å². The van der Waals surface area contributed by atoms with Crippen molar-refractivity contribution in [2.24, 2.45) is 0 Å². The van der Waals surface area contributed by atoms with Crippen LogP contribution in [0, 0.1) is 13.8 Å². The second-order valence-electron chi connectivity index (χ2n) is 6.08. The normalized spacial score (nSPS) is 14.3. The predicted octanol–water partition coefficient (Wildman–Crippen LogP) is 4.34. The van der Waals surface area contributed by atoms with Crippen LogP contribution in [0.25, 0.3) is 10.9 Å². The number of aromatic amines is 1. The molecule has 1 aromatic carbocycles. The van der Waals surface area contributed by atoms with E-state index in [0.717, 1.165) is 28.7 Å². The lowest BCUT2D eigenvalue weighted by Gasteiger charge is -2.27. The predicted molar refractivity (Wildman–Crippen MR) is 92.6 cm³/mol. The zero-order valence-corrected chi connectivity index (χ0v) is 14.7. The molecule has 5 heteroatoms. The number of H-pyrrole nitrogens is 1. The molecule has 0 radical (unpaired) electrons. The molecule has 0 aliphatic carbocycles. The van der Waals surface area contributed by atoms with Crippen molar-refractivity contribution in [3.8, 4) is 0 Å². The highest BCUT2D eigenvalue weighted by molar-refractivity contribution is 9.10. The lowest BCUT2D eigenvalue weighted by molar-refractivity contribution is 0.0733. The van der Waals surface area contributed by atoms with Crippen LogP contribution in [-0.4, -0.2) is 22.3 Å². The third-order valence-corrected chi connectivity index (χ3v) is 4.99. The Labute approximate surface area is 142 Å². The summed E-state index contributed by atoms with van der Waals surface area (Å²) in [6.07, 6.45) is 0.850. The number of aryl methyl sites for hydroxylation is 2. The number of carbonyl (C=O) groups excluding carboxylic acids is 1. The second-order valence-corrected chi connectivity index (χ2v) is 6.99. The zero-order chi connectivity index (χ0) is 16.1. The van der Waals surface area contributed by atoms with Crippen molar-refractivity contribution >= 4 is 32.7 Å². The molecule has 118 valence electrons. The summed E-state index contributed by atoms with van der Waals surface area (Å²) < 4.78 is 6.56. The minimum atomic E-state index is 0.0503. The first kappa shape index (κ1) is 14.6. The largest absolute Gasteiger partial charge is 0.466 e. The Hall–Kier alpha value is -2.01. The molecule has 0 saturated heterocycles. The first-order chi connectivity index (χ1) is 11.0. The van der Waals surface area contributed by atoms with Crippen molar-refractivity contribution in [1.82, 2.24) is 9.88 Å². The van der Waals surface area contributed by atoms with E-state index < -0.39 is 0 Å². The van der Waals surface area contributed by atoms with Gasteiger partial charge in [-0.2, -0.15) is 0 Å². The van der Waals surface area contributed by atoms with Crippen molar-refractivity contribution in [2.45, 2.75) is 26.8 Å². The van der Waals surface area contributed by atoms with E-state index in [1.165, 1.54) is 16.6 Å². The van der Waals surface area contributed by atoms with Crippen LogP contribution in [0.5, 0.6) is 0 Å². The first-order valence-corrected chi connectivity index (χ1v) is 8.47. The van der Waals surface area contributed by atoms with Gasteiger partial charge in [0.05, 0.1) is 5.56 Å². The molecule has 0 spiro atoms. The Balaban J connectivity index is 1.70. The summed E-state index contributed by atoms with van der Waals surface area (Å²) in [5.41, 5.74) is 4.26. The number of hydrogen-bond donors (Lipinski definition) is 1. The molecule has 3 aromatic rings. The number of rotatable bonds is 1. The van der Waals surface area contributed by atoms with Gasteiger partial charge in [0.25, 0.3) is 5.91 Å². The van der Waals surface area contributed by atoms with Gasteiger partial charge in [0, 0.05) is 46.1 Å². The van der Waals surface area contributed by atoms with Crippen molar-refractivity contribution in [3.63, 3.8) is 0 Å². The highest BCUT2D eigenvalue weighted by atomic mass is 79.9. The first-order valence-electron chi connectivity index (χ1n) is 7.68. The topological polar surface area (TPSA) is 49.2 Å². The average Bonchev–Trinajstić information content (AvgIpc) is 3.05. The number of furan rings is 1. The Morgan fingerprint density at radius 1 is 1.30 bits per heavy atom. The van der Waals surface area contributed by atoms with Gasteiger partial charge < -0.3 is 14.3 Å². The summed E-state index contributed by atoms with van der Waals surface area (Å²) in [5.74, 6) is 1.52. The maximum Gasteiger partial charge on any atom is 0.257 e. The van der Waals surface area contributed by atoms with Gasteiger partial charge in [-0.15, -0.1) is 0 Å². The number of amides is 1. The van der Waals surface area contributed by atoms with Gasteiger partial charge in [0.2, 0.25) is 0 Å². The van der Waals surface area contributed by atoms with Gasteiger partial charge in [-0.1, -0.05) is 15.9 Å². The van der Waals surface area contributed by atoms with Crippen LogP contribution in [0.15, 0.2) is 33.2 Å². The van der Waals surface area contributed by atoms with E-state index in [9.17, 15) is 4.79 Å². The number of hydrogen-bond acceptors (Lipinski definition) is 2. The number of aromatic nitrogens is 1. The molecule has 0 bridgehead atoms. The quantitative estimate of drug-likeness (QED) is 0.690. The van der Waals surface area contributed by atoms with Crippen LogP contribution >= 0.6 is 15.9 Å². The standard InChI is InChI=1S/C18H17BrN2O2/c1-10-7-13(11(2)23-10)18(22)21-6-5-17-15(9-21)14-8-12(19)3-4-16(14)20-17/h3-4,7-8,20H,5-6,9H2,1-2H3. The summed E-state index contributed by atoms with van der Waals surface area (Å²) in [5, 5.41) is 1.19. The lowest BCUT2D eigenvalue weighted by Crippen LogP contribution is -2.35. The summed E-state index contributed by atoms with van der Waals surface area (Å²) in [7, 11) is 0. The molecule has 1 amide bonds. The van der Waals surface area contributed by atoms with Crippen molar-refractivity contribution in [2.75, 3.05) is 6.54 Å². The fraction of sp³-hybridized carbons (Fsp3) is 0.278. The highest BCUT2D eigenvalue weighted by Gasteiger charge is 2.26. The van der Waals surface area contributed by atoms with Crippen LogP contribution < -0.4 is 0 Å².